The maximum Gasteiger partial charge on any atom is 0.159 e. The summed E-state index contributed by atoms with van der Waals surface area (Å²) < 4.78 is 0. The summed E-state index contributed by atoms with van der Waals surface area (Å²) in [5.41, 5.74) is 0.310. The second-order valence-electron chi connectivity index (χ2n) is 14.1. The molecule has 0 heterocycles. The van der Waals surface area contributed by atoms with Crippen molar-refractivity contribution in [3.8, 4) is 0 Å². The van der Waals surface area contributed by atoms with Crippen LogP contribution in [-0.2, 0) is 9.59 Å². The normalized spacial score (nSPS) is 42.1. The number of ketones is 2. The number of aliphatic hydroxyl groups excluding tert-OH is 2. The Bertz CT molecular complexity index is 931. The molecule has 3 N–H and O–H groups in total. The van der Waals surface area contributed by atoms with Crippen LogP contribution in [0.15, 0.2) is 11.1 Å². The third-order valence-electron chi connectivity index (χ3n) is 12.0. The van der Waals surface area contributed by atoms with E-state index in [2.05, 4.69) is 41.5 Å². The highest BCUT2D eigenvalue weighted by atomic mass is 16.4. The zero-order valence-corrected chi connectivity index (χ0v) is 23.0. The van der Waals surface area contributed by atoms with Gasteiger partial charge in [-0.15, -0.1) is 0 Å². The van der Waals surface area contributed by atoms with Crippen LogP contribution in [0.25, 0.3) is 0 Å². The Morgan fingerprint density at radius 3 is 2.31 bits per heavy atom. The first-order valence-corrected chi connectivity index (χ1v) is 13.9. The highest BCUT2D eigenvalue weighted by Gasteiger charge is 2.65. The Kier molecular flexibility index (Phi) is 6.55. The van der Waals surface area contributed by atoms with Gasteiger partial charge in [0.25, 0.3) is 0 Å². The molecule has 0 bridgehead atoms. The van der Waals surface area contributed by atoms with Crippen molar-refractivity contribution in [3.63, 3.8) is 0 Å². The van der Waals surface area contributed by atoms with Crippen molar-refractivity contribution in [3.05, 3.63) is 11.1 Å². The van der Waals surface area contributed by atoms with Crippen molar-refractivity contribution < 1.29 is 24.9 Å². The minimum Gasteiger partial charge on any atom is -0.393 e. The molecule has 0 aromatic rings. The van der Waals surface area contributed by atoms with Gasteiger partial charge in [-0.3, -0.25) is 9.59 Å². The number of carbonyl (C=O) groups is 2. The zero-order chi connectivity index (χ0) is 26.2. The largest absolute Gasteiger partial charge is 0.393 e. The fraction of sp³-hybridized carbons (Fsp3) is 0.867. The van der Waals surface area contributed by atoms with E-state index >= 15 is 0 Å². The number of allylic oxidation sites excluding steroid dienone is 2. The molecule has 0 aromatic carbocycles. The van der Waals surface area contributed by atoms with E-state index in [0.29, 0.717) is 36.9 Å². The van der Waals surface area contributed by atoms with Crippen LogP contribution in [0.5, 0.6) is 0 Å². The summed E-state index contributed by atoms with van der Waals surface area (Å²) in [5.74, 6) is 1.46. The molecule has 2 saturated carbocycles. The zero-order valence-electron chi connectivity index (χ0n) is 23.0. The van der Waals surface area contributed by atoms with E-state index in [1.807, 2.05) is 0 Å². The lowest BCUT2D eigenvalue weighted by Crippen LogP contribution is -2.56. The van der Waals surface area contributed by atoms with Gasteiger partial charge in [-0.1, -0.05) is 47.1 Å². The average Bonchev–Trinajstić information content (AvgIpc) is 3.07. The molecule has 5 nitrogen and oxygen atoms in total. The van der Waals surface area contributed by atoms with E-state index < -0.39 is 23.7 Å². The van der Waals surface area contributed by atoms with Crippen molar-refractivity contribution >= 4 is 11.6 Å². The molecule has 198 valence electrons. The van der Waals surface area contributed by atoms with Crippen molar-refractivity contribution in [1.82, 2.24) is 0 Å². The number of carbonyl (C=O) groups excluding carboxylic acids is 2. The van der Waals surface area contributed by atoms with E-state index in [0.717, 1.165) is 44.1 Å². The summed E-state index contributed by atoms with van der Waals surface area (Å²) in [6.45, 7) is 14.4. The van der Waals surface area contributed by atoms with Gasteiger partial charge in [0, 0.05) is 29.2 Å². The van der Waals surface area contributed by atoms with Crippen molar-refractivity contribution in [2.75, 3.05) is 6.61 Å². The first-order valence-electron chi connectivity index (χ1n) is 13.9. The predicted octanol–water partition coefficient (Wildman–Crippen LogP) is 5.00. The number of hydrogen-bond donors (Lipinski definition) is 3. The third kappa shape index (κ3) is 3.74. The summed E-state index contributed by atoms with van der Waals surface area (Å²) in [5, 5.41) is 30.0. The summed E-state index contributed by atoms with van der Waals surface area (Å²) >= 11 is 0. The van der Waals surface area contributed by atoms with Gasteiger partial charge in [-0.25, -0.2) is 0 Å². The second kappa shape index (κ2) is 8.49. The van der Waals surface area contributed by atoms with Crippen molar-refractivity contribution in [2.24, 2.45) is 39.4 Å². The summed E-state index contributed by atoms with van der Waals surface area (Å²) in [6, 6.07) is 0. The van der Waals surface area contributed by atoms with Crippen LogP contribution in [-0.4, -0.2) is 45.2 Å². The average molecular weight is 489 g/mol. The fourth-order valence-electron chi connectivity index (χ4n) is 9.16. The van der Waals surface area contributed by atoms with Gasteiger partial charge >= 0.3 is 0 Å². The summed E-state index contributed by atoms with van der Waals surface area (Å²) in [4.78, 5) is 26.7. The molecule has 4 aliphatic rings. The molecule has 0 saturated heterocycles. The van der Waals surface area contributed by atoms with Gasteiger partial charge in [0.2, 0.25) is 0 Å². The van der Waals surface area contributed by atoms with Crippen LogP contribution < -0.4 is 0 Å². The molecule has 0 aromatic heterocycles. The molecule has 2 fully saturated rings. The molecule has 4 rings (SSSR count). The van der Waals surface area contributed by atoms with E-state index in [-0.39, 0.29) is 27.9 Å². The maximum absolute atomic E-state index is 13.9. The van der Waals surface area contributed by atoms with E-state index in [4.69, 9.17) is 0 Å². The molecular formula is C30H48O5. The van der Waals surface area contributed by atoms with Gasteiger partial charge in [-0.2, -0.15) is 0 Å². The molecule has 35 heavy (non-hydrogen) atoms. The number of hydrogen-bond acceptors (Lipinski definition) is 5. The molecule has 8 atom stereocenters. The summed E-state index contributed by atoms with van der Waals surface area (Å²) in [6.07, 6.45) is 6.30. The molecule has 0 aliphatic heterocycles. The molecule has 5 heteroatoms. The third-order valence-corrected chi connectivity index (χ3v) is 12.0. The Labute approximate surface area is 211 Å². The van der Waals surface area contributed by atoms with E-state index in [1.165, 1.54) is 12.5 Å². The Morgan fingerprint density at radius 1 is 1.03 bits per heavy atom. The SMILES string of the molecule is C[C@H](CCC(O)C(C)(O)CO)[C@H]1CC[C@@]2(C)C3=C(CC[C@]12C)[C@@]1(C)CCC(=O)C(C)(C)[C@@H]1CC3=O. The number of aliphatic hydroxyl groups is 3. The lowest BCUT2D eigenvalue weighted by Gasteiger charge is -2.60. The van der Waals surface area contributed by atoms with Crippen LogP contribution in [0.3, 0.4) is 0 Å². The molecule has 4 aliphatic carbocycles. The quantitative estimate of drug-likeness (QED) is 0.489. The molecule has 2 unspecified atom stereocenters. The monoisotopic (exact) mass is 488 g/mol. The number of rotatable bonds is 6. The van der Waals surface area contributed by atoms with Crippen LogP contribution in [0.1, 0.15) is 106 Å². The molecule has 0 spiro atoms. The Balaban J connectivity index is 1.64. The minimum atomic E-state index is -1.48. The predicted molar refractivity (Wildman–Crippen MR) is 137 cm³/mol. The minimum absolute atomic E-state index is 0.00849. The summed E-state index contributed by atoms with van der Waals surface area (Å²) in [7, 11) is 0. The first kappa shape index (κ1) is 27.0. The van der Waals surface area contributed by atoms with Crippen molar-refractivity contribution in [1.29, 1.82) is 0 Å². The van der Waals surface area contributed by atoms with E-state index in [1.54, 1.807) is 0 Å². The highest BCUT2D eigenvalue weighted by Crippen LogP contribution is 2.71. The Morgan fingerprint density at radius 2 is 1.69 bits per heavy atom. The van der Waals surface area contributed by atoms with Crippen molar-refractivity contribution in [2.45, 2.75) is 118 Å². The van der Waals surface area contributed by atoms with Gasteiger partial charge in [0.05, 0.1) is 12.7 Å². The fourth-order valence-corrected chi connectivity index (χ4v) is 9.16. The van der Waals surface area contributed by atoms with Crippen LogP contribution in [0.2, 0.25) is 0 Å². The van der Waals surface area contributed by atoms with E-state index in [9.17, 15) is 24.9 Å². The standard InChI is InChI=1S/C30H48O5/c1-18(8-9-24(34)30(7,35)17-31)19-10-15-29(6)25-20(11-14-28(19,29)5)27(4)13-12-23(33)26(2,3)22(27)16-21(25)32/h18-19,22,24,31,34-35H,8-17H2,1-7H3/t18-,19-,22+,24?,27-,28-,29+,30?/m1/s1. The number of fused-ring (bicyclic) bond motifs is 4. The topological polar surface area (TPSA) is 94.8 Å². The molecular weight excluding hydrogens is 440 g/mol. The van der Waals surface area contributed by atoms with Crippen LogP contribution in [0.4, 0.5) is 0 Å². The highest BCUT2D eigenvalue weighted by molar-refractivity contribution is 6.00. The van der Waals surface area contributed by atoms with Gasteiger partial charge in [0.1, 0.15) is 11.4 Å². The second-order valence-corrected chi connectivity index (χ2v) is 14.1. The first-order chi connectivity index (χ1) is 16.1. The van der Waals surface area contributed by atoms with Crippen LogP contribution in [0, 0.1) is 39.4 Å². The van der Waals surface area contributed by atoms with Gasteiger partial charge in [-0.05, 0) is 80.5 Å². The maximum atomic E-state index is 13.9. The van der Waals surface area contributed by atoms with Gasteiger partial charge in [0.15, 0.2) is 5.78 Å². The lowest BCUT2D eigenvalue weighted by molar-refractivity contribution is -0.142. The number of Topliss-reactive ketones (excluding diaryl/α,β-unsaturated/α-hetero) is 2. The van der Waals surface area contributed by atoms with Crippen LogP contribution >= 0.6 is 0 Å². The smallest absolute Gasteiger partial charge is 0.159 e. The Hall–Kier alpha value is -1.04. The molecule has 0 amide bonds. The molecule has 0 radical (unpaired) electrons. The lowest BCUT2D eigenvalue weighted by atomic mass is 9.43. The van der Waals surface area contributed by atoms with Gasteiger partial charge < -0.3 is 15.3 Å².